The Hall–Kier alpha value is -3.02. The van der Waals surface area contributed by atoms with Gasteiger partial charge in [0, 0.05) is 25.0 Å². The average molecular weight is 293 g/mol. The molecule has 3 aromatic rings. The van der Waals surface area contributed by atoms with Gasteiger partial charge in [-0.25, -0.2) is 15.0 Å². The zero-order chi connectivity index (χ0) is 15.2. The normalized spacial score (nSPS) is 11.4. The van der Waals surface area contributed by atoms with Crippen molar-refractivity contribution in [3.63, 3.8) is 0 Å². The number of aromatic nitrogens is 4. The van der Waals surface area contributed by atoms with Gasteiger partial charge in [0.15, 0.2) is 12.4 Å². The zero-order valence-corrected chi connectivity index (χ0v) is 12.1. The van der Waals surface area contributed by atoms with Crippen molar-refractivity contribution < 1.29 is 4.84 Å². The zero-order valence-electron chi connectivity index (χ0n) is 12.1. The van der Waals surface area contributed by atoms with Crippen LogP contribution in [0.3, 0.4) is 0 Å². The van der Waals surface area contributed by atoms with Crippen LogP contribution < -0.4 is 0 Å². The van der Waals surface area contributed by atoms with E-state index >= 15 is 0 Å². The second-order valence-electron chi connectivity index (χ2n) is 4.63. The lowest BCUT2D eigenvalue weighted by Gasteiger charge is -2.07. The third kappa shape index (κ3) is 3.17. The maximum Gasteiger partial charge on any atom is 0.176 e. The van der Waals surface area contributed by atoms with Gasteiger partial charge in [0.2, 0.25) is 0 Å². The topological polar surface area (TPSA) is 65.2 Å². The van der Waals surface area contributed by atoms with Gasteiger partial charge in [-0.1, -0.05) is 35.5 Å². The molecule has 6 nitrogen and oxygen atoms in total. The Morgan fingerprint density at radius 3 is 2.59 bits per heavy atom. The van der Waals surface area contributed by atoms with Gasteiger partial charge in [0.25, 0.3) is 0 Å². The Kier molecular flexibility index (Phi) is 4.20. The summed E-state index contributed by atoms with van der Waals surface area (Å²) < 4.78 is 1.90. The van der Waals surface area contributed by atoms with Crippen molar-refractivity contribution in [3.05, 3.63) is 78.4 Å². The lowest BCUT2D eigenvalue weighted by atomic mass is 10.1. The van der Waals surface area contributed by atoms with E-state index in [2.05, 4.69) is 20.1 Å². The van der Waals surface area contributed by atoms with E-state index in [1.807, 2.05) is 41.9 Å². The van der Waals surface area contributed by atoms with E-state index in [-0.39, 0.29) is 6.61 Å². The molecule has 2 heterocycles. The fraction of sp³-hybridized carbons (Fsp3) is 0.125. The molecule has 0 amide bonds. The van der Waals surface area contributed by atoms with E-state index < -0.39 is 0 Å². The van der Waals surface area contributed by atoms with Crippen LogP contribution in [0.2, 0.25) is 0 Å². The van der Waals surface area contributed by atoms with Crippen molar-refractivity contribution in [2.45, 2.75) is 6.61 Å². The van der Waals surface area contributed by atoms with Gasteiger partial charge in [-0.05, 0) is 6.07 Å². The summed E-state index contributed by atoms with van der Waals surface area (Å²) in [5.74, 6) is 0.587. The highest BCUT2D eigenvalue weighted by Gasteiger charge is 2.11. The minimum Gasteiger partial charge on any atom is -0.387 e. The molecule has 0 aliphatic rings. The van der Waals surface area contributed by atoms with Crippen LogP contribution in [0.15, 0.2) is 66.5 Å². The third-order valence-corrected chi connectivity index (χ3v) is 3.08. The number of imidazole rings is 1. The number of rotatable bonds is 5. The molecule has 0 unspecified atom stereocenters. The smallest absolute Gasteiger partial charge is 0.176 e. The second kappa shape index (κ2) is 6.62. The van der Waals surface area contributed by atoms with E-state index in [1.54, 1.807) is 31.0 Å². The fourth-order valence-electron chi connectivity index (χ4n) is 1.99. The minimum absolute atomic E-state index is 0.217. The first-order chi connectivity index (χ1) is 10.8. The monoisotopic (exact) mass is 293 g/mol. The fourth-order valence-corrected chi connectivity index (χ4v) is 1.99. The molecule has 0 aliphatic carbocycles. The number of aryl methyl sites for hydroxylation is 1. The molecule has 0 spiro atoms. The van der Waals surface area contributed by atoms with Crippen molar-refractivity contribution in [1.29, 1.82) is 0 Å². The van der Waals surface area contributed by atoms with Crippen LogP contribution in [0.1, 0.15) is 17.1 Å². The third-order valence-electron chi connectivity index (χ3n) is 3.08. The highest BCUT2D eigenvalue weighted by molar-refractivity contribution is 6.11. The number of hydrogen-bond acceptors (Lipinski definition) is 5. The van der Waals surface area contributed by atoms with Gasteiger partial charge < -0.3 is 9.40 Å². The number of oxime groups is 1. The van der Waals surface area contributed by atoms with Gasteiger partial charge in [0.1, 0.15) is 5.71 Å². The van der Waals surface area contributed by atoms with Crippen molar-refractivity contribution >= 4 is 5.71 Å². The van der Waals surface area contributed by atoms with Crippen LogP contribution in [-0.4, -0.2) is 25.2 Å². The molecule has 22 heavy (non-hydrogen) atoms. The highest BCUT2D eigenvalue weighted by Crippen LogP contribution is 2.11. The molecule has 0 radical (unpaired) electrons. The molecule has 6 heteroatoms. The summed E-state index contributed by atoms with van der Waals surface area (Å²) in [6, 6.07) is 11.6. The van der Waals surface area contributed by atoms with Gasteiger partial charge in [-0.15, -0.1) is 0 Å². The largest absolute Gasteiger partial charge is 0.387 e. The minimum atomic E-state index is 0.217. The second-order valence-corrected chi connectivity index (χ2v) is 4.63. The number of benzene rings is 1. The summed E-state index contributed by atoms with van der Waals surface area (Å²) in [4.78, 5) is 17.8. The maximum atomic E-state index is 5.44. The van der Waals surface area contributed by atoms with E-state index in [0.29, 0.717) is 5.82 Å². The van der Waals surface area contributed by atoms with Gasteiger partial charge >= 0.3 is 0 Å². The molecule has 2 aromatic heterocycles. The molecule has 0 saturated carbocycles. The molecular formula is C16H15N5O. The Labute approximate surface area is 128 Å². The van der Waals surface area contributed by atoms with Crippen LogP contribution in [-0.2, 0) is 18.5 Å². The highest BCUT2D eigenvalue weighted by atomic mass is 16.6. The van der Waals surface area contributed by atoms with E-state index in [9.17, 15) is 0 Å². The molecule has 0 N–H and O–H groups in total. The Balaban J connectivity index is 1.86. The first-order valence-electron chi connectivity index (χ1n) is 6.82. The van der Waals surface area contributed by atoms with Crippen molar-refractivity contribution in [2.75, 3.05) is 0 Å². The molecule has 3 rings (SSSR count). The quantitative estimate of drug-likeness (QED) is 0.534. The summed E-state index contributed by atoms with van der Waals surface area (Å²) in [6.07, 6.45) is 6.84. The predicted molar refractivity (Wildman–Crippen MR) is 82.1 cm³/mol. The molecular weight excluding hydrogens is 278 g/mol. The van der Waals surface area contributed by atoms with Crippen LogP contribution >= 0.6 is 0 Å². The molecule has 1 aromatic carbocycles. The van der Waals surface area contributed by atoms with Gasteiger partial charge in [0.05, 0.1) is 18.2 Å². The lowest BCUT2D eigenvalue weighted by Crippen LogP contribution is -2.09. The number of nitrogens with zero attached hydrogens (tertiary/aromatic N) is 5. The lowest BCUT2D eigenvalue weighted by molar-refractivity contribution is 0.125. The molecule has 110 valence electrons. The summed E-state index contributed by atoms with van der Waals surface area (Å²) in [7, 11) is 1.92. The molecule has 0 fully saturated rings. The van der Waals surface area contributed by atoms with E-state index in [4.69, 9.17) is 4.84 Å². The molecule has 0 aliphatic heterocycles. The molecule has 0 saturated heterocycles. The van der Waals surface area contributed by atoms with Crippen LogP contribution in [0.25, 0.3) is 0 Å². The first-order valence-corrected chi connectivity index (χ1v) is 6.82. The predicted octanol–water partition coefficient (Wildman–Crippen LogP) is 2.18. The van der Waals surface area contributed by atoms with Crippen molar-refractivity contribution in [3.8, 4) is 0 Å². The van der Waals surface area contributed by atoms with Crippen molar-refractivity contribution in [1.82, 2.24) is 19.5 Å². The maximum absolute atomic E-state index is 5.44. The summed E-state index contributed by atoms with van der Waals surface area (Å²) in [6.45, 7) is 0.217. The number of hydrogen-bond donors (Lipinski definition) is 0. The van der Waals surface area contributed by atoms with Crippen LogP contribution in [0.4, 0.5) is 0 Å². The van der Waals surface area contributed by atoms with Crippen LogP contribution in [0.5, 0.6) is 0 Å². The molecule has 0 atom stereocenters. The average Bonchev–Trinajstić information content (AvgIpc) is 2.99. The van der Waals surface area contributed by atoms with E-state index in [1.165, 1.54) is 0 Å². The van der Waals surface area contributed by atoms with Crippen molar-refractivity contribution in [2.24, 2.45) is 12.2 Å². The van der Waals surface area contributed by atoms with Crippen LogP contribution in [0, 0.1) is 0 Å². The van der Waals surface area contributed by atoms with Gasteiger partial charge in [-0.3, -0.25) is 0 Å². The Morgan fingerprint density at radius 1 is 1.14 bits per heavy atom. The van der Waals surface area contributed by atoms with Gasteiger partial charge in [-0.2, -0.15) is 0 Å². The van der Waals surface area contributed by atoms with E-state index in [0.717, 1.165) is 17.0 Å². The Bertz CT molecular complexity index is 752. The summed E-state index contributed by atoms with van der Waals surface area (Å²) >= 11 is 0. The summed E-state index contributed by atoms with van der Waals surface area (Å²) in [5, 5.41) is 4.27. The molecule has 0 bridgehead atoms. The SMILES string of the molecule is Cn1cncc1C(=NOCc1ncccn1)c1ccccc1. The first kappa shape index (κ1) is 13.9. The summed E-state index contributed by atoms with van der Waals surface area (Å²) in [5.41, 5.74) is 2.55. The Morgan fingerprint density at radius 2 is 1.91 bits per heavy atom. The standard InChI is InChI=1S/C16H15N5O/c1-21-12-17-10-14(21)16(13-6-3-2-4-7-13)20-22-11-15-18-8-5-9-19-15/h2-10,12H,11H2,1H3.